The number of likely N-dealkylation sites (tertiary alicyclic amines) is 1. The van der Waals surface area contributed by atoms with E-state index in [2.05, 4.69) is 15.5 Å². The third-order valence-corrected chi connectivity index (χ3v) is 5.08. The smallest absolute Gasteiger partial charge is 0.272 e. The van der Waals surface area contributed by atoms with Gasteiger partial charge in [-0.25, -0.2) is 0 Å². The SMILES string of the molecule is NCCC(=O)NCC1CCCCN1C(=O)c1cc(-c2ccccc2Cl)n[nH]1. The van der Waals surface area contributed by atoms with Crippen molar-refractivity contribution in [2.24, 2.45) is 5.73 Å². The number of halogens is 1. The molecule has 4 N–H and O–H groups in total. The third-order valence-electron chi connectivity index (χ3n) is 4.75. The molecule has 1 fully saturated rings. The van der Waals surface area contributed by atoms with Crippen LogP contribution in [-0.2, 0) is 4.79 Å². The second kappa shape index (κ2) is 9.01. The summed E-state index contributed by atoms with van der Waals surface area (Å²) in [5.74, 6) is -0.198. The minimum absolute atomic E-state index is 0.0277. The predicted octanol–water partition coefficient (Wildman–Crippen LogP) is 2.19. The van der Waals surface area contributed by atoms with Crippen molar-refractivity contribution in [3.05, 3.63) is 41.0 Å². The number of amides is 2. The molecule has 0 aliphatic carbocycles. The van der Waals surface area contributed by atoms with Gasteiger partial charge in [0.2, 0.25) is 5.91 Å². The summed E-state index contributed by atoms with van der Waals surface area (Å²) in [4.78, 5) is 26.5. The van der Waals surface area contributed by atoms with E-state index in [-0.39, 0.29) is 17.9 Å². The number of nitrogens with one attached hydrogen (secondary N) is 2. The summed E-state index contributed by atoms with van der Waals surface area (Å²) in [7, 11) is 0. The van der Waals surface area contributed by atoms with Gasteiger partial charge in [-0.05, 0) is 31.4 Å². The minimum Gasteiger partial charge on any atom is -0.354 e. The third kappa shape index (κ3) is 4.67. The fourth-order valence-electron chi connectivity index (χ4n) is 3.32. The molecule has 3 rings (SSSR count). The highest BCUT2D eigenvalue weighted by molar-refractivity contribution is 6.33. The fraction of sp³-hybridized carbons (Fsp3) is 0.421. The molecule has 1 aromatic heterocycles. The number of carbonyl (C=O) groups is 2. The van der Waals surface area contributed by atoms with E-state index in [4.69, 9.17) is 17.3 Å². The van der Waals surface area contributed by atoms with Gasteiger partial charge in [0.15, 0.2) is 0 Å². The normalized spacial score (nSPS) is 17.0. The van der Waals surface area contributed by atoms with Gasteiger partial charge in [-0.15, -0.1) is 0 Å². The van der Waals surface area contributed by atoms with E-state index < -0.39 is 0 Å². The van der Waals surface area contributed by atoms with Crippen LogP contribution in [0.3, 0.4) is 0 Å². The van der Waals surface area contributed by atoms with Gasteiger partial charge in [-0.3, -0.25) is 14.7 Å². The standard InChI is InChI=1S/C19H24ClN5O2/c20-15-7-2-1-6-14(15)16-11-17(24-23-16)19(27)25-10-4-3-5-13(25)12-22-18(26)8-9-21/h1-2,6-7,11,13H,3-5,8-10,12,21H2,(H,22,26)(H,23,24). The minimum atomic E-state index is -0.112. The van der Waals surface area contributed by atoms with Crippen molar-refractivity contribution in [3.8, 4) is 11.3 Å². The van der Waals surface area contributed by atoms with Gasteiger partial charge in [0.25, 0.3) is 5.91 Å². The Morgan fingerprint density at radius 1 is 1.33 bits per heavy atom. The molecule has 2 heterocycles. The molecule has 2 aromatic rings. The summed E-state index contributed by atoms with van der Waals surface area (Å²) in [6, 6.07) is 9.08. The number of hydrogen-bond donors (Lipinski definition) is 3. The lowest BCUT2D eigenvalue weighted by Gasteiger charge is -2.35. The van der Waals surface area contributed by atoms with Crippen molar-refractivity contribution in [1.29, 1.82) is 0 Å². The van der Waals surface area contributed by atoms with E-state index in [0.29, 0.717) is 42.5 Å². The molecule has 1 unspecified atom stereocenters. The van der Waals surface area contributed by atoms with Gasteiger partial charge in [-0.1, -0.05) is 29.8 Å². The first kappa shape index (κ1) is 19.4. The second-order valence-corrected chi connectivity index (χ2v) is 7.04. The molecule has 27 heavy (non-hydrogen) atoms. The van der Waals surface area contributed by atoms with Crippen LogP contribution < -0.4 is 11.1 Å². The molecule has 0 saturated carbocycles. The number of aromatic nitrogens is 2. The van der Waals surface area contributed by atoms with Gasteiger partial charge < -0.3 is 16.0 Å². The lowest BCUT2D eigenvalue weighted by atomic mass is 10.0. The maximum absolute atomic E-state index is 13.0. The van der Waals surface area contributed by atoms with Crippen LogP contribution in [0.25, 0.3) is 11.3 Å². The number of benzene rings is 1. The molecular weight excluding hydrogens is 366 g/mol. The van der Waals surface area contributed by atoms with Crippen LogP contribution in [0, 0.1) is 0 Å². The van der Waals surface area contributed by atoms with Crippen molar-refractivity contribution in [2.75, 3.05) is 19.6 Å². The number of hydrogen-bond acceptors (Lipinski definition) is 4. The van der Waals surface area contributed by atoms with Gasteiger partial charge >= 0.3 is 0 Å². The predicted molar refractivity (Wildman–Crippen MR) is 104 cm³/mol. The summed E-state index contributed by atoms with van der Waals surface area (Å²) < 4.78 is 0. The molecule has 0 spiro atoms. The molecule has 0 radical (unpaired) electrons. The maximum Gasteiger partial charge on any atom is 0.272 e. The van der Waals surface area contributed by atoms with E-state index in [1.165, 1.54) is 0 Å². The summed E-state index contributed by atoms with van der Waals surface area (Å²) >= 11 is 6.22. The van der Waals surface area contributed by atoms with E-state index in [0.717, 1.165) is 24.8 Å². The van der Waals surface area contributed by atoms with Crippen molar-refractivity contribution in [1.82, 2.24) is 20.4 Å². The number of piperidine rings is 1. The molecule has 1 aliphatic heterocycles. The first-order valence-corrected chi connectivity index (χ1v) is 9.56. The van der Waals surface area contributed by atoms with Crippen LogP contribution in [0.15, 0.2) is 30.3 Å². The molecule has 0 bridgehead atoms. The van der Waals surface area contributed by atoms with Gasteiger partial charge in [0.05, 0.1) is 10.7 Å². The molecule has 1 aliphatic rings. The average molecular weight is 390 g/mol. The Hall–Kier alpha value is -2.38. The Kier molecular flexibility index (Phi) is 6.47. The maximum atomic E-state index is 13.0. The first-order valence-electron chi connectivity index (χ1n) is 9.18. The van der Waals surface area contributed by atoms with Crippen LogP contribution in [0.1, 0.15) is 36.2 Å². The number of rotatable bonds is 6. The van der Waals surface area contributed by atoms with Crippen LogP contribution in [0.2, 0.25) is 5.02 Å². The zero-order valence-electron chi connectivity index (χ0n) is 15.1. The Morgan fingerprint density at radius 2 is 2.15 bits per heavy atom. The topological polar surface area (TPSA) is 104 Å². The Balaban J connectivity index is 1.71. The van der Waals surface area contributed by atoms with Gasteiger partial charge in [0.1, 0.15) is 5.69 Å². The molecule has 1 aromatic carbocycles. The molecule has 7 nitrogen and oxygen atoms in total. The van der Waals surface area contributed by atoms with E-state index in [9.17, 15) is 9.59 Å². The summed E-state index contributed by atoms with van der Waals surface area (Å²) in [6.07, 6.45) is 3.14. The van der Waals surface area contributed by atoms with Crippen LogP contribution >= 0.6 is 11.6 Å². The van der Waals surface area contributed by atoms with Crippen LogP contribution in [0.5, 0.6) is 0 Å². The van der Waals surface area contributed by atoms with E-state index >= 15 is 0 Å². The van der Waals surface area contributed by atoms with Crippen molar-refractivity contribution in [3.63, 3.8) is 0 Å². The summed E-state index contributed by atoms with van der Waals surface area (Å²) in [6.45, 7) is 1.42. The number of H-pyrrole nitrogens is 1. The quantitative estimate of drug-likeness (QED) is 0.704. The highest BCUT2D eigenvalue weighted by Gasteiger charge is 2.29. The average Bonchev–Trinajstić information content (AvgIpc) is 3.16. The second-order valence-electron chi connectivity index (χ2n) is 6.64. The van der Waals surface area contributed by atoms with Crippen LogP contribution in [-0.4, -0.2) is 52.6 Å². The zero-order valence-corrected chi connectivity index (χ0v) is 15.8. The fourth-order valence-corrected chi connectivity index (χ4v) is 3.56. The van der Waals surface area contributed by atoms with E-state index in [1.54, 1.807) is 12.1 Å². The van der Waals surface area contributed by atoms with Crippen molar-refractivity contribution >= 4 is 23.4 Å². The first-order chi connectivity index (χ1) is 13.1. The van der Waals surface area contributed by atoms with Crippen molar-refractivity contribution in [2.45, 2.75) is 31.7 Å². The Bertz CT molecular complexity index is 807. The van der Waals surface area contributed by atoms with E-state index in [1.807, 2.05) is 23.1 Å². The van der Waals surface area contributed by atoms with Crippen LogP contribution in [0.4, 0.5) is 0 Å². The van der Waals surface area contributed by atoms with Gasteiger partial charge in [-0.2, -0.15) is 5.10 Å². The monoisotopic (exact) mass is 389 g/mol. The number of aromatic amines is 1. The molecule has 1 atom stereocenters. The van der Waals surface area contributed by atoms with Gasteiger partial charge in [0, 0.05) is 37.7 Å². The summed E-state index contributed by atoms with van der Waals surface area (Å²) in [5.41, 5.74) is 7.24. The molecular formula is C19H24ClN5O2. The largest absolute Gasteiger partial charge is 0.354 e. The molecule has 144 valence electrons. The highest BCUT2D eigenvalue weighted by Crippen LogP contribution is 2.27. The number of nitrogens with two attached hydrogens (primary N) is 1. The number of nitrogens with zero attached hydrogens (tertiary/aromatic N) is 2. The Morgan fingerprint density at radius 3 is 2.93 bits per heavy atom. The molecule has 2 amide bonds. The Labute approximate surface area is 163 Å². The van der Waals surface area contributed by atoms with Crippen molar-refractivity contribution < 1.29 is 9.59 Å². The summed E-state index contributed by atoms with van der Waals surface area (Å²) in [5, 5.41) is 10.5. The highest BCUT2D eigenvalue weighted by atomic mass is 35.5. The lowest BCUT2D eigenvalue weighted by molar-refractivity contribution is -0.121. The zero-order chi connectivity index (χ0) is 19.2. The lowest BCUT2D eigenvalue weighted by Crippen LogP contribution is -2.49. The molecule has 8 heteroatoms. The molecule has 1 saturated heterocycles. The number of carbonyl (C=O) groups excluding carboxylic acids is 2.